The largest absolute Gasteiger partial charge is 0.378 e. The Morgan fingerprint density at radius 2 is 1.87 bits per heavy atom. The molecule has 0 aliphatic carbocycles. The Balaban J connectivity index is 1.50. The standard InChI is InChI=1S/C22H22FN5O2/c1-15-12-21(28-8-10-30-11-9-28)25-13-18(15)22(29)27-19-6-7-24-14-20(19)26-17-4-2-16(23)3-5-17/h2-7,12-14,26H,8-11H2,1H3,(H,24,27,29). The second kappa shape index (κ2) is 8.87. The second-order valence-corrected chi connectivity index (χ2v) is 6.96. The number of nitrogens with one attached hydrogen (secondary N) is 2. The SMILES string of the molecule is Cc1cc(N2CCOCC2)ncc1C(=O)Nc1ccncc1Nc1ccc(F)cc1. The third-order valence-corrected chi connectivity index (χ3v) is 4.87. The summed E-state index contributed by atoms with van der Waals surface area (Å²) in [7, 11) is 0. The van der Waals surface area contributed by atoms with Crippen molar-refractivity contribution in [1.29, 1.82) is 0 Å². The van der Waals surface area contributed by atoms with E-state index < -0.39 is 0 Å². The lowest BCUT2D eigenvalue weighted by Crippen LogP contribution is -2.36. The number of benzene rings is 1. The van der Waals surface area contributed by atoms with Crippen LogP contribution in [0.2, 0.25) is 0 Å². The Morgan fingerprint density at radius 1 is 1.10 bits per heavy atom. The maximum absolute atomic E-state index is 13.1. The van der Waals surface area contributed by atoms with Gasteiger partial charge in [-0.25, -0.2) is 9.37 Å². The van der Waals surface area contributed by atoms with Crippen molar-refractivity contribution in [2.75, 3.05) is 41.8 Å². The number of amides is 1. The van der Waals surface area contributed by atoms with Gasteiger partial charge in [0.25, 0.3) is 5.91 Å². The van der Waals surface area contributed by atoms with E-state index in [0.29, 0.717) is 35.8 Å². The summed E-state index contributed by atoms with van der Waals surface area (Å²) in [5.41, 5.74) is 3.19. The number of ether oxygens (including phenoxy) is 1. The van der Waals surface area contributed by atoms with Crippen LogP contribution in [-0.4, -0.2) is 42.2 Å². The van der Waals surface area contributed by atoms with Crippen molar-refractivity contribution >= 4 is 28.8 Å². The van der Waals surface area contributed by atoms with Crippen LogP contribution in [0.25, 0.3) is 0 Å². The summed E-state index contributed by atoms with van der Waals surface area (Å²) in [4.78, 5) is 23.6. The Hall–Kier alpha value is -3.52. The number of carbonyl (C=O) groups excluding carboxylic acids is 1. The van der Waals surface area contributed by atoms with Gasteiger partial charge in [0.2, 0.25) is 0 Å². The molecule has 1 saturated heterocycles. The Morgan fingerprint density at radius 3 is 2.60 bits per heavy atom. The highest BCUT2D eigenvalue weighted by molar-refractivity contribution is 6.06. The third-order valence-electron chi connectivity index (χ3n) is 4.87. The molecule has 7 nitrogen and oxygen atoms in total. The zero-order valence-electron chi connectivity index (χ0n) is 16.6. The quantitative estimate of drug-likeness (QED) is 0.671. The molecule has 2 aromatic heterocycles. The number of morpholine rings is 1. The minimum atomic E-state index is -0.316. The fourth-order valence-corrected chi connectivity index (χ4v) is 3.23. The zero-order valence-corrected chi connectivity index (χ0v) is 16.6. The van der Waals surface area contributed by atoms with Gasteiger partial charge in [-0.3, -0.25) is 9.78 Å². The number of hydrogen-bond acceptors (Lipinski definition) is 6. The summed E-state index contributed by atoms with van der Waals surface area (Å²) in [6, 6.07) is 9.59. The molecule has 0 radical (unpaired) electrons. The number of carbonyl (C=O) groups is 1. The number of aryl methyl sites for hydroxylation is 1. The molecule has 0 spiro atoms. The molecule has 1 aromatic carbocycles. The first-order valence-electron chi connectivity index (χ1n) is 9.67. The van der Waals surface area contributed by atoms with Gasteiger partial charge in [0.05, 0.1) is 36.3 Å². The van der Waals surface area contributed by atoms with Crippen LogP contribution >= 0.6 is 0 Å². The van der Waals surface area contributed by atoms with Crippen LogP contribution in [0.15, 0.2) is 55.0 Å². The number of pyridine rings is 2. The van der Waals surface area contributed by atoms with Crippen LogP contribution < -0.4 is 15.5 Å². The van der Waals surface area contributed by atoms with Crippen molar-refractivity contribution in [2.45, 2.75) is 6.92 Å². The summed E-state index contributed by atoms with van der Waals surface area (Å²) in [5, 5.41) is 6.05. The van der Waals surface area contributed by atoms with E-state index in [0.717, 1.165) is 24.5 Å². The topological polar surface area (TPSA) is 79.4 Å². The zero-order chi connectivity index (χ0) is 20.9. The maximum atomic E-state index is 13.1. The molecule has 2 N–H and O–H groups in total. The van der Waals surface area contributed by atoms with Crippen molar-refractivity contribution in [3.8, 4) is 0 Å². The number of hydrogen-bond donors (Lipinski definition) is 2. The fraction of sp³-hybridized carbons (Fsp3) is 0.227. The Labute approximate surface area is 173 Å². The monoisotopic (exact) mass is 407 g/mol. The number of halogens is 1. The van der Waals surface area contributed by atoms with Crippen molar-refractivity contribution in [1.82, 2.24) is 9.97 Å². The number of anilines is 4. The first-order chi connectivity index (χ1) is 14.6. The van der Waals surface area contributed by atoms with Crippen molar-refractivity contribution < 1.29 is 13.9 Å². The smallest absolute Gasteiger partial charge is 0.257 e. The van der Waals surface area contributed by atoms with Gasteiger partial charge in [0, 0.05) is 31.2 Å². The first kappa shape index (κ1) is 19.8. The molecule has 0 unspecified atom stereocenters. The van der Waals surface area contributed by atoms with E-state index in [2.05, 4.69) is 25.5 Å². The third kappa shape index (κ3) is 4.55. The van der Waals surface area contributed by atoms with Gasteiger partial charge in [-0.05, 0) is 48.9 Å². The van der Waals surface area contributed by atoms with Gasteiger partial charge in [-0.2, -0.15) is 0 Å². The molecule has 1 amide bonds. The van der Waals surface area contributed by atoms with Crippen molar-refractivity contribution in [3.63, 3.8) is 0 Å². The van der Waals surface area contributed by atoms with Crippen LogP contribution in [0, 0.1) is 12.7 Å². The average molecular weight is 407 g/mol. The molecule has 154 valence electrons. The van der Waals surface area contributed by atoms with E-state index in [1.165, 1.54) is 12.1 Å². The average Bonchev–Trinajstić information content (AvgIpc) is 2.77. The van der Waals surface area contributed by atoms with Crippen molar-refractivity contribution in [3.05, 3.63) is 71.9 Å². The molecular weight excluding hydrogens is 385 g/mol. The molecule has 1 aliphatic rings. The van der Waals surface area contributed by atoms with Crippen LogP contribution in [-0.2, 0) is 4.74 Å². The first-order valence-corrected chi connectivity index (χ1v) is 9.67. The number of aromatic nitrogens is 2. The lowest BCUT2D eigenvalue weighted by atomic mass is 10.1. The van der Waals surface area contributed by atoms with E-state index in [1.807, 2.05) is 13.0 Å². The molecular formula is C22H22FN5O2. The lowest BCUT2D eigenvalue weighted by molar-refractivity contribution is 0.102. The minimum Gasteiger partial charge on any atom is -0.378 e. The number of nitrogens with zero attached hydrogens (tertiary/aromatic N) is 3. The molecule has 3 aromatic rings. The second-order valence-electron chi connectivity index (χ2n) is 6.96. The summed E-state index contributed by atoms with van der Waals surface area (Å²) in [6.07, 6.45) is 4.80. The minimum absolute atomic E-state index is 0.262. The summed E-state index contributed by atoms with van der Waals surface area (Å²) in [5.74, 6) is 0.264. The maximum Gasteiger partial charge on any atom is 0.257 e. The highest BCUT2D eigenvalue weighted by Gasteiger charge is 2.17. The summed E-state index contributed by atoms with van der Waals surface area (Å²) < 4.78 is 18.5. The van der Waals surface area contributed by atoms with E-state index in [4.69, 9.17) is 4.74 Å². The van der Waals surface area contributed by atoms with Crippen LogP contribution in [0.4, 0.5) is 27.3 Å². The fourth-order valence-electron chi connectivity index (χ4n) is 3.23. The molecule has 8 heteroatoms. The van der Waals surface area contributed by atoms with E-state index >= 15 is 0 Å². The number of rotatable bonds is 5. The molecule has 0 atom stereocenters. The Bertz CT molecular complexity index is 1040. The molecule has 1 aliphatic heterocycles. The molecule has 30 heavy (non-hydrogen) atoms. The van der Waals surface area contributed by atoms with Gasteiger partial charge >= 0.3 is 0 Å². The van der Waals surface area contributed by atoms with Crippen LogP contribution in [0.3, 0.4) is 0 Å². The van der Waals surface area contributed by atoms with Gasteiger partial charge in [-0.15, -0.1) is 0 Å². The summed E-state index contributed by atoms with van der Waals surface area (Å²) >= 11 is 0. The van der Waals surface area contributed by atoms with Crippen LogP contribution in [0.1, 0.15) is 15.9 Å². The molecule has 0 saturated carbocycles. The van der Waals surface area contributed by atoms with E-state index in [9.17, 15) is 9.18 Å². The van der Waals surface area contributed by atoms with Gasteiger partial charge < -0.3 is 20.3 Å². The molecule has 3 heterocycles. The van der Waals surface area contributed by atoms with Gasteiger partial charge in [0.15, 0.2) is 0 Å². The predicted octanol–water partition coefficient (Wildman–Crippen LogP) is 3.76. The van der Waals surface area contributed by atoms with Gasteiger partial charge in [-0.1, -0.05) is 0 Å². The van der Waals surface area contributed by atoms with Crippen molar-refractivity contribution in [2.24, 2.45) is 0 Å². The van der Waals surface area contributed by atoms with Gasteiger partial charge in [0.1, 0.15) is 11.6 Å². The molecule has 4 rings (SSSR count). The molecule has 0 bridgehead atoms. The Kier molecular flexibility index (Phi) is 5.85. The highest BCUT2D eigenvalue weighted by atomic mass is 19.1. The summed E-state index contributed by atoms with van der Waals surface area (Å²) in [6.45, 7) is 4.81. The van der Waals surface area contributed by atoms with Crippen LogP contribution in [0.5, 0.6) is 0 Å². The van der Waals surface area contributed by atoms with E-state index in [1.54, 1.807) is 36.8 Å². The normalized spacial score (nSPS) is 13.7. The lowest BCUT2D eigenvalue weighted by Gasteiger charge is -2.28. The molecule has 1 fully saturated rings. The van der Waals surface area contributed by atoms with E-state index in [-0.39, 0.29) is 11.7 Å². The predicted molar refractivity (Wildman–Crippen MR) is 114 cm³/mol. The highest BCUT2D eigenvalue weighted by Crippen LogP contribution is 2.26.